The van der Waals surface area contributed by atoms with Gasteiger partial charge in [-0.05, 0) is 46.7 Å². The zero-order valence-corrected chi connectivity index (χ0v) is 13.0. The Labute approximate surface area is 118 Å². The van der Waals surface area contributed by atoms with E-state index in [9.17, 15) is 0 Å². The van der Waals surface area contributed by atoms with Crippen molar-refractivity contribution >= 4 is 15.9 Å². The van der Waals surface area contributed by atoms with Gasteiger partial charge in [-0.1, -0.05) is 67.0 Å². The van der Waals surface area contributed by atoms with Gasteiger partial charge in [-0.15, -0.1) is 0 Å². The van der Waals surface area contributed by atoms with Crippen LogP contribution in [-0.2, 0) is 5.41 Å². The summed E-state index contributed by atoms with van der Waals surface area (Å²) in [4.78, 5) is 0. The Morgan fingerprint density at radius 1 is 0.944 bits per heavy atom. The van der Waals surface area contributed by atoms with Gasteiger partial charge in [-0.25, -0.2) is 0 Å². The molecule has 0 spiro atoms. The van der Waals surface area contributed by atoms with Crippen LogP contribution in [0.4, 0.5) is 0 Å². The van der Waals surface area contributed by atoms with E-state index in [1.54, 1.807) is 0 Å². The molecule has 0 saturated carbocycles. The molecule has 0 N–H and O–H groups in total. The molecule has 94 valence electrons. The molecule has 0 amide bonds. The van der Waals surface area contributed by atoms with Gasteiger partial charge in [0.1, 0.15) is 0 Å². The smallest absolute Gasteiger partial charge is 0.0181 e. The molecule has 2 rings (SSSR count). The molecule has 0 aromatic heterocycles. The van der Waals surface area contributed by atoms with Crippen LogP contribution in [0.15, 0.2) is 46.9 Å². The van der Waals surface area contributed by atoms with Crippen LogP contribution in [0.3, 0.4) is 0 Å². The number of aryl methyl sites for hydroxylation is 1. The summed E-state index contributed by atoms with van der Waals surface area (Å²) in [6.45, 7) is 8.91. The summed E-state index contributed by atoms with van der Waals surface area (Å²) in [6.07, 6.45) is 0. The fourth-order valence-electron chi connectivity index (χ4n) is 2.06. The average Bonchev–Trinajstić information content (AvgIpc) is 2.31. The Hall–Kier alpha value is -1.08. The highest BCUT2D eigenvalue weighted by molar-refractivity contribution is 9.10. The Kier molecular flexibility index (Phi) is 3.63. The van der Waals surface area contributed by atoms with Crippen LogP contribution in [0.1, 0.15) is 31.9 Å². The number of hydrogen-bond donors (Lipinski definition) is 0. The molecule has 2 aromatic carbocycles. The highest BCUT2D eigenvalue weighted by Crippen LogP contribution is 2.30. The van der Waals surface area contributed by atoms with Crippen LogP contribution >= 0.6 is 15.9 Å². The van der Waals surface area contributed by atoms with Gasteiger partial charge < -0.3 is 0 Å². The van der Waals surface area contributed by atoms with Gasteiger partial charge in [-0.3, -0.25) is 0 Å². The molecule has 0 aliphatic rings. The first-order chi connectivity index (χ1) is 8.38. The first-order valence-corrected chi connectivity index (χ1v) is 7.04. The van der Waals surface area contributed by atoms with Crippen molar-refractivity contribution in [3.63, 3.8) is 0 Å². The molecule has 0 aliphatic heterocycles. The standard InChI is InChI=1S/C17H19Br/c1-12-8-9-15(18)11-16(12)13-6-5-7-14(10-13)17(2,3)4/h5-11H,1-4H3. The highest BCUT2D eigenvalue weighted by Gasteiger charge is 2.14. The van der Waals surface area contributed by atoms with E-state index in [1.165, 1.54) is 22.3 Å². The van der Waals surface area contributed by atoms with E-state index >= 15 is 0 Å². The zero-order chi connectivity index (χ0) is 13.3. The minimum Gasteiger partial charge on any atom is -0.0614 e. The van der Waals surface area contributed by atoms with Crippen LogP contribution in [0.2, 0.25) is 0 Å². The average molecular weight is 303 g/mol. The second kappa shape index (κ2) is 4.89. The lowest BCUT2D eigenvalue weighted by Crippen LogP contribution is -2.10. The number of benzene rings is 2. The molecule has 0 aliphatic carbocycles. The maximum absolute atomic E-state index is 3.55. The highest BCUT2D eigenvalue weighted by atomic mass is 79.9. The predicted molar refractivity (Wildman–Crippen MR) is 83.0 cm³/mol. The summed E-state index contributed by atoms with van der Waals surface area (Å²) in [7, 11) is 0. The van der Waals surface area contributed by atoms with E-state index in [0.717, 1.165) is 4.47 Å². The van der Waals surface area contributed by atoms with Gasteiger partial charge in [0.15, 0.2) is 0 Å². The summed E-state index contributed by atoms with van der Waals surface area (Å²) in [5, 5.41) is 0. The minimum atomic E-state index is 0.190. The summed E-state index contributed by atoms with van der Waals surface area (Å²) in [5.74, 6) is 0. The van der Waals surface area contributed by atoms with Crippen molar-refractivity contribution in [2.45, 2.75) is 33.1 Å². The Bertz CT molecular complexity index is 562. The van der Waals surface area contributed by atoms with Gasteiger partial charge in [0, 0.05) is 4.47 Å². The largest absolute Gasteiger partial charge is 0.0614 e. The molecule has 0 heterocycles. The van der Waals surface area contributed by atoms with Crippen molar-refractivity contribution in [3.05, 3.63) is 58.1 Å². The molecule has 0 nitrogen and oxygen atoms in total. The molecule has 2 aromatic rings. The lowest BCUT2D eigenvalue weighted by atomic mass is 9.85. The van der Waals surface area contributed by atoms with E-state index in [2.05, 4.69) is 86.1 Å². The van der Waals surface area contributed by atoms with Gasteiger partial charge in [0.2, 0.25) is 0 Å². The van der Waals surface area contributed by atoms with Crippen molar-refractivity contribution in [1.29, 1.82) is 0 Å². The van der Waals surface area contributed by atoms with Gasteiger partial charge in [0.25, 0.3) is 0 Å². The quantitative estimate of drug-likeness (QED) is 0.632. The van der Waals surface area contributed by atoms with Crippen LogP contribution in [0, 0.1) is 6.92 Å². The summed E-state index contributed by atoms with van der Waals surface area (Å²) >= 11 is 3.55. The summed E-state index contributed by atoms with van der Waals surface area (Å²) in [5.41, 5.74) is 5.47. The first-order valence-electron chi connectivity index (χ1n) is 6.25. The lowest BCUT2D eigenvalue weighted by molar-refractivity contribution is 0.590. The lowest BCUT2D eigenvalue weighted by Gasteiger charge is -2.20. The normalized spacial score (nSPS) is 11.6. The van der Waals surface area contributed by atoms with E-state index in [0.29, 0.717) is 0 Å². The maximum Gasteiger partial charge on any atom is 0.0181 e. The fourth-order valence-corrected chi connectivity index (χ4v) is 2.42. The van der Waals surface area contributed by atoms with Crippen molar-refractivity contribution in [1.82, 2.24) is 0 Å². The third-order valence-electron chi connectivity index (χ3n) is 3.24. The molecule has 0 radical (unpaired) electrons. The molecule has 0 atom stereocenters. The molecule has 0 unspecified atom stereocenters. The first kappa shape index (κ1) is 13.4. The third-order valence-corrected chi connectivity index (χ3v) is 3.73. The molecule has 1 heteroatoms. The molecule has 0 fully saturated rings. The monoisotopic (exact) mass is 302 g/mol. The molecule has 18 heavy (non-hydrogen) atoms. The SMILES string of the molecule is Cc1ccc(Br)cc1-c1cccc(C(C)(C)C)c1. The van der Waals surface area contributed by atoms with Crippen LogP contribution < -0.4 is 0 Å². The van der Waals surface area contributed by atoms with Crippen molar-refractivity contribution in [3.8, 4) is 11.1 Å². The summed E-state index contributed by atoms with van der Waals surface area (Å²) < 4.78 is 1.13. The second-order valence-electron chi connectivity index (χ2n) is 5.79. The Morgan fingerprint density at radius 2 is 1.67 bits per heavy atom. The molecular formula is C17H19Br. The van der Waals surface area contributed by atoms with Gasteiger partial charge >= 0.3 is 0 Å². The predicted octanol–water partition coefficient (Wildman–Crippen LogP) is 5.72. The molecular weight excluding hydrogens is 284 g/mol. The van der Waals surface area contributed by atoms with E-state index in [-0.39, 0.29) is 5.41 Å². The minimum absolute atomic E-state index is 0.190. The van der Waals surface area contributed by atoms with E-state index < -0.39 is 0 Å². The maximum atomic E-state index is 3.55. The molecule has 0 bridgehead atoms. The van der Waals surface area contributed by atoms with Crippen LogP contribution in [0.5, 0.6) is 0 Å². The fraction of sp³-hybridized carbons (Fsp3) is 0.294. The summed E-state index contributed by atoms with van der Waals surface area (Å²) in [6, 6.07) is 15.3. The van der Waals surface area contributed by atoms with Crippen LogP contribution in [0.25, 0.3) is 11.1 Å². The van der Waals surface area contributed by atoms with Gasteiger partial charge in [0.05, 0.1) is 0 Å². The van der Waals surface area contributed by atoms with E-state index in [1.807, 2.05) is 0 Å². The van der Waals surface area contributed by atoms with Crippen molar-refractivity contribution < 1.29 is 0 Å². The number of hydrogen-bond acceptors (Lipinski definition) is 0. The Morgan fingerprint density at radius 3 is 2.33 bits per heavy atom. The van der Waals surface area contributed by atoms with E-state index in [4.69, 9.17) is 0 Å². The second-order valence-corrected chi connectivity index (χ2v) is 6.71. The third kappa shape index (κ3) is 2.84. The topological polar surface area (TPSA) is 0 Å². The number of rotatable bonds is 1. The van der Waals surface area contributed by atoms with Gasteiger partial charge in [-0.2, -0.15) is 0 Å². The van der Waals surface area contributed by atoms with Crippen LogP contribution in [-0.4, -0.2) is 0 Å². The molecule has 0 saturated heterocycles. The number of halogens is 1. The van der Waals surface area contributed by atoms with Crippen molar-refractivity contribution in [2.75, 3.05) is 0 Å². The zero-order valence-electron chi connectivity index (χ0n) is 11.4. The van der Waals surface area contributed by atoms with Crippen molar-refractivity contribution in [2.24, 2.45) is 0 Å². The Balaban J connectivity index is 2.55.